The van der Waals surface area contributed by atoms with Gasteiger partial charge in [0.25, 0.3) is 0 Å². The molecule has 3 heteroatoms. The van der Waals surface area contributed by atoms with Gasteiger partial charge >= 0.3 is 0 Å². The number of hydrogen-bond acceptors (Lipinski definition) is 3. The van der Waals surface area contributed by atoms with Crippen molar-refractivity contribution >= 4 is 0 Å². The maximum Gasteiger partial charge on any atom is 0.0913 e. The van der Waals surface area contributed by atoms with Crippen LogP contribution in [-0.2, 0) is 4.84 Å². The van der Waals surface area contributed by atoms with Crippen LogP contribution < -0.4 is 5.48 Å². The molecule has 2 N–H and O–H groups in total. The van der Waals surface area contributed by atoms with Crippen molar-refractivity contribution < 1.29 is 9.94 Å². The van der Waals surface area contributed by atoms with E-state index in [1.807, 2.05) is 0 Å². The third-order valence-electron chi connectivity index (χ3n) is 2.18. The smallest absolute Gasteiger partial charge is 0.0913 e. The number of unbranched alkanes of at least 4 members (excludes halogenated alkanes) is 6. The van der Waals surface area contributed by atoms with E-state index in [9.17, 15) is 0 Å². The minimum Gasteiger partial charge on any atom is -0.394 e. The number of aliphatic hydroxyl groups excluding tert-OH is 1. The van der Waals surface area contributed by atoms with Crippen molar-refractivity contribution in [2.24, 2.45) is 0 Å². The fourth-order valence-electron chi connectivity index (χ4n) is 1.34. The molecule has 0 radical (unpaired) electrons. The van der Waals surface area contributed by atoms with Gasteiger partial charge in [0, 0.05) is 6.54 Å². The normalized spacial score (nSPS) is 10.7. The van der Waals surface area contributed by atoms with Crippen molar-refractivity contribution in [1.82, 2.24) is 5.48 Å². The molecule has 0 spiro atoms. The third-order valence-corrected chi connectivity index (χ3v) is 2.18. The Bertz CT molecular complexity index is 87.3. The van der Waals surface area contributed by atoms with Crippen LogP contribution in [-0.4, -0.2) is 24.9 Å². The van der Waals surface area contributed by atoms with E-state index >= 15 is 0 Å². The van der Waals surface area contributed by atoms with Gasteiger partial charge in [-0.05, 0) is 6.42 Å². The van der Waals surface area contributed by atoms with Crippen molar-refractivity contribution in [3.8, 4) is 0 Å². The van der Waals surface area contributed by atoms with Gasteiger partial charge in [0.15, 0.2) is 0 Å². The quantitative estimate of drug-likeness (QED) is 0.400. The molecule has 0 aromatic carbocycles. The first-order chi connectivity index (χ1) is 6.91. The molecule has 0 aliphatic heterocycles. The average molecular weight is 203 g/mol. The van der Waals surface area contributed by atoms with Crippen LogP contribution in [0.3, 0.4) is 0 Å². The summed E-state index contributed by atoms with van der Waals surface area (Å²) in [6.45, 7) is 3.61. The first-order valence-electron chi connectivity index (χ1n) is 5.87. The van der Waals surface area contributed by atoms with E-state index in [1.54, 1.807) is 0 Å². The molecule has 0 amide bonds. The van der Waals surface area contributed by atoms with E-state index in [0.29, 0.717) is 6.61 Å². The summed E-state index contributed by atoms with van der Waals surface area (Å²) in [5.74, 6) is 0. The van der Waals surface area contributed by atoms with Crippen molar-refractivity contribution in [1.29, 1.82) is 0 Å². The zero-order valence-electron chi connectivity index (χ0n) is 9.43. The highest BCUT2D eigenvalue weighted by Gasteiger charge is 1.90. The summed E-state index contributed by atoms with van der Waals surface area (Å²) in [7, 11) is 0. The lowest BCUT2D eigenvalue weighted by Crippen LogP contribution is -2.18. The van der Waals surface area contributed by atoms with Gasteiger partial charge in [0.05, 0.1) is 13.2 Å². The Labute approximate surface area is 87.8 Å². The number of nitrogens with one attached hydrogen (secondary N) is 1. The standard InChI is InChI=1S/C11H25NO2/c1-2-3-4-5-6-7-8-9-12-14-11-10-13/h12-13H,2-11H2,1H3. The van der Waals surface area contributed by atoms with Crippen LogP contribution in [0.1, 0.15) is 51.9 Å². The van der Waals surface area contributed by atoms with Crippen LogP contribution in [0.2, 0.25) is 0 Å². The van der Waals surface area contributed by atoms with Crippen molar-refractivity contribution in [3.05, 3.63) is 0 Å². The van der Waals surface area contributed by atoms with Crippen LogP contribution >= 0.6 is 0 Å². The molecule has 0 aromatic heterocycles. The van der Waals surface area contributed by atoms with Gasteiger partial charge in [-0.3, -0.25) is 4.84 Å². The summed E-state index contributed by atoms with van der Waals surface area (Å²) in [5, 5.41) is 8.42. The van der Waals surface area contributed by atoms with E-state index in [0.717, 1.165) is 13.0 Å². The molecule has 0 unspecified atom stereocenters. The molecule has 3 nitrogen and oxygen atoms in total. The number of rotatable bonds is 11. The van der Waals surface area contributed by atoms with Crippen molar-refractivity contribution in [2.45, 2.75) is 51.9 Å². The molecule has 0 fully saturated rings. The fraction of sp³-hybridized carbons (Fsp3) is 1.00. The zero-order valence-corrected chi connectivity index (χ0v) is 9.43. The Morgan fingerprint density at radius 2 is 1.64 bits per heavy atom. The Morgan fingerprint density at radius 3 is 2.29 bits per heavy atom. The molecule has 0 bridgehead atoms. The van der Waals surface area contributed by atoms with Crippen LogP contribution in [0.15, 0.2) is 0 Å². The Balaban J connectivity index is 2.78. The van der Waals surface area contributed by atoms with Gasteiger partial charge < -0.3 is 5.11 Å². The average Bonchev–Trinajstić information content (AvgIpc) is 2.21. The first kappa shape index (κ1) is 13.9. The Hall–Kier alpha value is -0.120. The second kappa shape index (κ2) is 12.9. The van der Waals surface area contributed by atoms with E-state index in [2.05, 4.69) is 12.4 Å². The van der Waals surface area contributed by atoms with Gasteiger partial charge in [-0.2, -0.15) is 0 Å². The molecular weight excluding hydrogens is 178 g/mol. The predicted molar refractivity (Wildman–Crippen MR) is 59.0 cm³/mol. The Morgan fingerprint density at radius 1 is 1.00 bits per heavy atom. The maximum atomic E-state index is 8.42. The van der Waals surface area contributed by atoms with Gasteiger partial charge in [0.2, 0.25) is 0 Å². The SMILES string of the molecule is CCCCCCCCCNOCCO. The van der Waals surface area contributed by atoms with Gasteiger partial charge in [-0.1, -0.05) is 45.4 Å². The van der Waals surface area contributed by atoms with E-state index in [1.165, 1.54) is 38.5 Å². The highest BCUT2D eigenvalue weighted by Crippen LogP contribution is 2.06. The lowest BCUT2D eigenvalue weighted by Gasteiger charge is -2.04. The molecule has 0 rings (SSSR count). The first-order valence-corrected chi connectivity index (χ1v) is 5.87. The van der Waals surface area contributed by atoms with E-state index in [-0.39, 0.29) is 6.61 Å². The highest BCUT2D eigenvalue weighted by atomic mass is 16.6. The predicted octanol–water partition coefficient (Wildman–Crippen LogP) is 2.25. The lowest BCUT2D eigenvalue weighted by molar-refractivity contribution is 0.0170. The molecule has 0 saturated carbocycles. The third kappa shape index (κ3) is 11.9. The summed E-state index contributed by atoms with van der Waals surface area (Å²) in [5.41, 5.74) is 2.83. The van der Waals surface area contributed by atoms with Crippen LogP contribution in [0.4, 0.5) is 0 Å². The summed E-state index contributed by atoms with van der Waals surface area (Å²) < 4.78 is 0. The fourth-order valence-corrected chi connectivity index (χ4v) is 1.34. The molecule has 0 atom stereocenters. The van der Waals surface area contributed by atoms with Crippen molar-refractivity contribution in [2.75, 3.05) is 19.8 Å². The Kier molecular flexibility index (Phi) is 12.8. The summed E-state index contributed by atoms with van der Waals surface area (Å²) in [6, 6.07) is 0. The molecular formula is C11H25NO2. The highest BCUT2D eigenvalue weighted by molar-refractivity contribution is 4.45. The molecule has 0 aromatic rings. The summed E-state index contributed by atoms with van der Waals surface area (Å²) in [6.07, 6.45) is 9.21. The minimum atomic E-state index is 0.0873. The lowest BCUT2D eigenvalue weighted by atomic mass is 10.1. The number of hydroxylamine groups is 1. The second-order valence-corrected chi connectivity index (χ2v) is 3.59. The summed E-state index contributed by atoms with van der Waals surface area (Å²) in [4.78, 5) is 4.93. The monoisotopic (exact) mass is 203 g/mol. The molecule has 0 saturated heterocycles. The van der Waals surface area contributed by atoms with Gasteiger partial charge in [0.1, 0.15) is 0 Å². The zero-order chi connectivity index (χ0) is 10.5. The van der Waals surface area contributed by atoms with E-state index in [4.69, 9.17) is 9.94 Å². The summed E-state index contributed by atoms with van der Waals surface area (Å²) >= 11 is 0. The topological polar surface area (TPSA) is 41.5 Å². The van der Waals surface area contributed by atoms with Gasteiger partial charge in [-0.25, -0.2) is 5.48 Å². The molecule has 0 aliphatic carbocycles. The van der Waals surface area contributed by atoms with Crippen LogP contribution in [0, 0.1) is 0 Å². The number of hydrogen-bond donors (Lipinski definition) is 2. The molecule has 0 heterocycles. The maximum absolute atomic E-state index is 8.42. The second-order valence-electron chi connectivity index (χ2n) is 3.59. The van der Waals surface area contributed by atoms with Crippen LogP contribution in [0.5, 0.6) is 0 Å². The van der Waals surface area contributed by atoms with Crippen LogP contribution in [0.25, 0.3) is 0 Å². The minimum absolute atomic E-state index is 0.0873. The van der Waals surface area contributed by atoms with E-state index < -0.39 is 0 Å². The molecule has 0 aliphatic rings. The number of aliphatic hydroxyl groups is 1. The van der Waals surface area contributed by atoms with Gasteiger partial charge in [-0.15, -0.1) is 0 Å². The molecule has 14 heavy (non-hydrogen) atoms. The largest absolute Gasteiger partial charge is 0.394 e. The molecule has 86 valence electrons. The van der Waals surface area contributed by atoms with Crippen molar-refractivity contribution in [3.63, 3.8) is 0 Å².